The van der Waals surface area contributed by atoms with Crippen molar-refractivity contribution in [1.29, 1.82) is 0 Å². The Morgan fingerprint density at radius 2 is 2.00 bits per heavy atom. The summed E-state index contributed by atoms with van der Waals surface area (Å²) in [5, 5.41) is 10.0. The van der Waals surface area contributed by atoms with Crippen molar-refractivity contribution < 1.29 is 4.79 Å². The topological polar surface area (TPSA) is 71.3 Å². The summed E-state index contributed by atoms with van der Waals surface area (Å²) >= 11 is 2.95. The van der Waals surface area contributed by atoms with Crippen molar-refractivity contribution in [3.05, 3.63) is 82.3 Å². The van der Waals surface area contributed by atoms with Gasteiger partial charge in [-0.05, 0) is 61.1 Å². The Kier molecular flexibility index (Phi) is 4.96. The summed E-state index contributed by atoms with van der Waals surface area (Å²) in [6.45, 7) is 1.98. The number of pyridine rings is 1. The molecule has 4 aromatic heterocycles. The molecule has 1 aliphatic carbocycles. The molecule has 0 spiro atoms. The molecule has 1 fully saturated rings. The Morgan fingerprint density at radius 3 is 2.85 bits per heavy atom. The first-order valence-electron chi connectivity index (χ1n) is 10.8. The van der Waals surface area contributed by atoms with E-state index < -0.39 is 0 Å². The third kappa shape index (κ3) is 4.03. The van der Waals surface area contributed by atoms with Crippen LogP contribution in [0.3, 0.4) is 0 Å². The normalized spacial score (nSPS) is 13.4. The number of nitrogens with zero attached hydrogens (tertiary/aromatic N) is 3. The van der Waals surface area contributed by atoms with Gasteiger partial charge in [-0.1, -0.05) is 24.3 Å². The van der Waals surface area contributed by atoms with Gasteiger partial charge in [0.15, 0.2) is 5.13 Å². The van der Waals surface area contributed by atoms with Gasteiger partial charge < -0.3 is 10.6 Å². The van der Waals surface area contributed by atoms with E-state index in [0.717, 1.165) is 38.4 Å². The fraction of sp³-hybridized carbons (Fsp3) is 0.160. The highest BCUT2D eigenvalue weighted by atomic mass is 32.1. The second-order valence-corrected chi connectivity index (χ2v) is 10.1. The summed E-state index contributed by atoms with van der Waals surface area (Å²) < 4.78 is 2.13. The molecular weight excluding hydrogens is 450 g/mol. The van der Waals surface area contributed by atoms with Gasteiger partial charge in [0.2, 0.25) is 0 Å². The van der Waals surface area contributed by atoms with Crippen LogP contribution < -0.4 is 10.6 Å². The summed E-state index contributed by atoms with van der Waals surface area (Å²) in [4.78, 5) is 22.6. The number of rotatable bonds is 6. The van der Waals surface area contributed by atoms with Crippen LogP contribution in [0.2, 0.25) is 0 Å². The third-order valence-electron chi connectivity index (χ3n) is 5.80. The number of nitrogens with one attached hydrogen (secondary N) is 2. The van der Waals surface area contributed by atoms with Crippen molar-refractivity contribution in [2.75, 3.05) is 10.6 Å². The number of thiophene rings is 1. The number of aromatic nitrogens is 3. The molecule has 0 radical (unpaired) electrons. The molecule has 0 aliphatic heterocycles. The standard InChI is InChI=1S/C25H21N5OS2/c1-15-4-2-3-5-18(15)27-24(31)21-9-11-23(33-21)29-25-28-19(14-32-25)20-12-26-22-10-8-17(13-30(20)22)16-6-7-16/h2-5,8-14,16H,6-7H2,1H3,(H,27,31)(H,28,29). The summed E-state index contributed by atoms with van der Waals surface area (Å²) in [6, 6.07) is 15.8. The maximum atomic E-state index is 12.6. The zero-order chi connectivity index (χ0) is 22.4. The molecule has 1 amide bonds. The van der Waals surface area contributed by atoms with E-state index in [1.807, 2.05) is 54.9 Å². The van der Waals surface area contributed by atoms with E-state index in [0.29, 0.717) is 10.8 Å². The molecule has 6 rings (SSSR count). The largest absolute Gasteiger partial charge is 0.323 e. The highest BCUT2D eigenvalue weighted by Crippen LogP contribution is 2.40. The zero-order valence-electron chi connectivity index (χ0n) is 17.9. The first-order chi connectivity index (χ1) is 16.1. The number of aryl methyl sites for hydroxylation is 1. The van der Waals surface area contributed by atoms with Crippen molar-refractivity contribution >= 4 is 50.0 Å². The van der Waals surface area contributed by atoms with Gasteiger partial charge in [-0.15, -0.1) is 22.7 Å². The molecule has 0 unspecified atom stereocenters. The van der Waals surface area contributed by atoms with Gasteiger partial charge in [0.05, 0.1) is 21.8 Å². The average molecular weight is 472 g/mol. The monoisotopic (exact) mass is 471 g/mol. The first kappa shape index (κ1) is 20.1. The Balaban J connectivity index is 1.19. The summed E-state index contributed by atoms with van der Waals surface area (Å²) in [5.74, 6) is 0.577. The number of thiazole rings is 1. The van der Waals surface area contributed by atoms with Gasteiger partial charge in [-0.3, -0.25) is 9.20 Å². The van der Waals surface area contributed by atoms with Gasteiger partial charge in [-0.2, -0.15) is 0 Å². The summed E-state index contributed by atoms with van der Waals surface area (Å²) in [6.07, 6.45) is 6.61. The molecule has 4 heterocycles. The van der Waals surface area contributed by atoms with Crippen LogP contribution in [0.5, 0.6) is 0 Å². The van der Waals surface area contributed by atoms with Crippen molar-refractivity contribution in [3.8, 4) is 11.4 Å². The molecule has 0 atom stereocenters. The molecule has 33 heavy (non-hydrogen) atoms. The van der Waals surface area contributed by atoms with E-state index in [2.05, 4.69) is 38.3 Å². The van der Waals surface area contributed by atoms with Gasteiger partial charge in [0.25, 0.3) is 5.91 Å². The van der Waals surface area contributed by atoms with Crippen LogP contribution in [0.15, 0.2) is 66.3 Å². The van der Waals surface area contributed by atoms with Gasteiger partial charge in [-0.25, -0.2) is 9.97 Å². The maximum Gasteiger partial charge on any atom is 0.265 e. The number of benzene rings is 1. The van der Waals surface area contributed by atoms with E-state index in [1.165, 1.54) is 41.1 Å². The molecule has 1 aliphatic rings. The second-order valence-electron chi connectivity index (χ2n) is 8.20. The lowest BCUT2D eigenvalue weighted by molar-refractivity contribution is 0.103. The predicted molar refractivity (Wildman–Crippen MR) is 135 cm³/mol. The van der Waals surface area contributed by atoms with Crippen LogP contribution in [-0.2, 0) is 0 Å². The Hall–Kier alpha value is -3.49. The van der Waals surface area contributed by atoms with Gasteiger partial charge in [0.1, 0.15) is 11.3 Å². The van der Waals surface area contributed by atoms with E-state index >= 15 is 0 Å². The maximum absolute atomic E-state index is 12.6. The molecule has 2 N–H and O–H groups in total. The Labute approximate surface area is 199 Å². The quantitative estimate of drug-likeness (QED) is 0.289. The lowest BCUT2D eigenvalue weighted by atomic mass is 10.2. The Morgan fingerprint density at radius 1 is 1.12 bits per heavy atom. The second kappa shape index (κ2) is 8.13. The molecular formula is C25H21N5OS2. The van der Waals surface area contributed by atoms with Crippen molar-refractivity contribution in [2.24, 2.45) is 0 Å². The lowest BCUT2D eigenvalue weighted by Crippen LogP contribution is -2.10. The average Bonchev–Trinajstić information content (AvgIpc) is 3.19. The number of hydrogen-bond donors (Lipinski definition) is 2. The SMILES string of the molecule is Cc1ccccc1NC(=O)c1ccc(Nc2nc(-c3cnc4ccc(C5CC5)cn34)cs2)s1. The number of anilines is 3. The van der Waals surface area contributed by atoms with Crippen LogP contribution in [-0.4, -0.2) is 20.3 Å². The Bertz CT molecular complexity index is 1480. The zero-order valence-corrected chi connectivity index (χ0v) is 19.5. The number of amides is 1. The number of fused-ring (bicyclic) bond motifs is 1. The molecule has 1 aromatic carbocycles. The van der Waals surface area contributed by atoms with Crippen LogP contribution in [0.25, 0.3) is 17.0 Å². The van der Waals surface area contributed by atoms with Crippen LogP contribution in [0.1, 0.15) is 39.6 Å². The van der Waals surface area contributed by atoms with E-state index in [-0.39, 0.29) is 5.91 Å². The molecule has 164 valence electrons. The van der Waals surface area contributed by atoms with Gasteiger partial charge in [0, 0.05) is 17.3 Å². The van der Waals surface area contributed by atoms with Crippen molar-refractivity contribution in [3.63, 3.8) is 0 Å². The number of hydrogen-bond acceptors (Lipinski definition) is 6. The summed E-state index contributed by atoms with van der Waals surface area (Å²) in [7, 11) is 0. The molecule has 0 bridgehead atoms. The molecule has 8 heteroatoms. The molecule has 0 saturated heterocycles. The minimum atomic E-state index is -0.112. The van der Waals surface area contributed by atoms with E-state index in [1.54, 1.807) is 0 Å². The van der Waals surface area contributed by atoms with E-state index in [4.69, 9.17) is 4.98 Å². The van der Waals surface area contributed by atoms with Gasteiger partial charge >= 0.3 is 0 Å². The molecule has 6 nitrogen and oxygen atoms in total. The number of para-hydroxylation sites is 1. The van der Waals surface area contributed by atoms with Crippen LogP contribution in [0.4, 0.5) is 15.8 Å². The fourth-order valence-corrected chi connectivity index (χ4v) is 5.40. The molecule has 1 saturated carbocycles. The van der Waals surface area contributed by atoms with Crippen molar-refractivity contribution in [1.82, 2.24) is 14.4 Å². The predicted octanol–water partition coefficient (Wildman–Crippen LogP) is 6.70. The number of carbonyl (C=O) groups excluding carboxylic acids is 1. The van der Waals surface area contributed by atoms with Crippen molar-refractivity contribution in [2.45, 2.75) is 25.7 Å². The molecule has 5 aromatic rings. The van der Waals surface area contributed by atoms with Crippen LogP contribution >= 0.6 is 22.7 Å². The number of carbonyl (C=O) groups is 1. The smallest absolute Gasteiger partial charge is 0.265 e. The lowest BCUT2D eigenvalue weighted by Gasteiger charge is -2.06. The highest BCUT2D eigenvalue weighted by Gasteiger charge is 2.24. The highest BCUT2D eigenvalue weighted by molar-refractivity contribution is 7.19. The minimum Gasteiger partial charge on any atom is -0.323 e. The van der Waals surface area contributed by atoms with E-state index in [9.17, 15) is 4.79 Å². The van der Waals surface area contributed by atoms with Crippen LogP contribution in [0, 0.1) is 6.92 Å². The fourth-order valence-electron chi connectivity index (χ4n) is 3.82. The first-order valence-corrected chi connectivity index (χ1v) is 12.5. The summed E-state index contributed by atoms with van der Waals surface area (Å²) in [5.41, 5.74) is 6.03. The third-order valence-corrected chi connectivity index (χ3v) is 7.55. The number of imidazole rings is 1. The minimum absolute atomic E-state index is 0.112.